The van der Waals surface area contributed by atoms with Crippen molar-refractivity contribution in [1.29, 1.82) is 0 Å². The minimum absolute atomic E-state index is 0.200. The van der Waals surface area contributed by atoms with E-state index in [1.54, 1.807) is 7.05 Å². The summed E-state index contributed by atoms with van der Waals surface area (Å²) in [7, 11) is 1.74. The van der Waals surface area contributed by atoms with Crippen LogP contribution in [0.15, 0.2) is 47.5 Å². The third-order valence-electron chi connectivity index (χ3n) is 5.17. The maximum Gasteiger partial charge on any atom is 0.231 e. The average molecular weight is 394 g/mol. The smallest absolute Gasteiger partial charge is 0.231 e. The Bertz CT molecular complexity index is 888. The molecule has 1 amide bonds. The maximum absolute atomic E-state index is 12.5. The Morgan fingerprint density at radius 1 is 1.07 bits per heavy atom. The Labute approximate surface area is 170 Å². The Balaban J connectivity index is 1.16. The van der Waals surface area contributed by atoms with Crippen LogP contribution < -0.4 is 20.1 Å². The summed E-state index contributed by atoms with van der Waals surface area (Å²) in [6.45, 7) is 3.04. The molecule has 0 saturated carbocycles. The van der Waals surface area contributed by atoms with E-state index in [1.807, 2.05) is 35.2 Å². The molecule has 0 atom stereocenters. The summed E-state index contributed by atoms with van der Waals surface area (Å²) >= 11 is 0. The van der Waals surface area contributed by atoms with Gasteiger partial charge in [-0.3, -0.25) is 9.79 Å². The molecule has 7 heteroatoms. The number of amides is 1. The number of hydrogen-bond donors (Lipinski definition) is 2. The van der Waals surface area contributed by atoms with Crippen molar-refractivity contribution in [2.45, 2.75) is 32.5 Å². The van der Waals surface area contributed by atoms with Gasteiger partial charge in [0.2, 0.25) is 12.7 Å². The zero-order chi connectivity index (χ0) is 20.1. The lowest BCUT2D eigenvalue weighted by Crippen LogP contribution is -2.37. The largest absolute Gasteiger partial charge is 0.454 e. The summed E-state index contributed by atoms with van der Waals surface area (Å²) in [4.78, 5) is 18.6. The molecule has 0 saturated heterocycles. The minimum Gasteiger partial charge on any atom is -0.454 e. The van der Waals surface area contributed by atoms with Crippen LogP contribution in [0, 0.1) is 0 Å². The van der Waals surface area contributed by atoms with E-state index >= 15 is 0 Å². The number of guanidine groups is 1. The van der Waals surface area contributed by atoms with Crippen LogP contribution in [-0.2, 0) is 24.4 Å². The molecule has 2 aliphatic rings. The fraction of sp³-hybridized carbons (Fsp3) is 0.364. The van der Waals surface area contributed by atoms with Gasteiger partial charge in [-0.1, -0.05) is 30.3 Å². The normalized spacial score (nSPS) is 14.7. The predicted octanol–water partition coefficient (Wildman–Crippen LogP) is 2.40. The Morgan fingerprint density at radius 2 is 1.83 bits per heavy atom. The number of aliphatic imine (C=N–C) groups is 1. The van der Waals surface area contributed by atoms with E-state index in [9.17, 15) is 4.79 Å². The lowest BCUT2D eigenvalue weighted by Gasteiger charge is -2.16. The monoisotopic (exact) mass is 394 g/mol. The van der Waals surface area contributed by atoms with Crippen molar-refractivity contribution in [2.24, 2.45) is 4.99 Å². The number of benzene rings is 2. The Kier molecular flexibility index (Phi) is 5.84. The summed E-state index contributed by atoms with van der Waals surface area (Å²) in [6.07, 6.45) is 1.29. The fourth-order valence-electron chi connectivity index (χ4n) is 3.57. The molecule has 0 radical (unpaired) electrons. The molecule has 0 bridgehead atoms. The standard InChI is InChI=1S/C22H26N4O3/c1-23-22(25-12-16-8-9-19-20(11-16)29-15-28-19)24-10-4-7-21(27)26-13-17-5-2-3-6-18(17)14-26/h2-3,5-6,8-9,11H,4,7,10,12-15H2,1H3,(H2,23,24,25). The highest BCUT2D eigenvalue weighted by molar-refractivity contribution is 5.80. The minimum atomic E-state index is 0.200. The quantitative estimate of drug-likeness (QED) is 0.447. The number of carbonyl (C=O) groups excluding carboxylic acids is 1. The predicted molar refractivity (Wildman–Crippen MR) is 111 cm³/mol. The second-order valence-corrected chi connectivity index (χ2v) is 7.16. The van der Waals surface area contributed by atoms with Crippen molar-refractivity contribution in [3.8, 4) is 11.5 Å². The van der Waals surface area contributed by atoms with E-state index in [4.69, 9.17) is 9.47 Å². The van der Waals surface area contributed by atoms with Crippen molar-refractivity contribution in [3.05, 3.63) is 59.2 Å². The van der Waals surface area contributed by atoms with Crippen LogP contribution in [0.25, 0.3) is 0 Å². The number of hydrogen-bond acceptors (Lipinski definition) is 4. The Hall–Kier alpha value is -3.22. The molecule has 0 unspecified atom stereocenters. The molecular weight excluding hydrogens is 368 g/mol. The maximum atomic E-state index is 12.5. The molecule has 0 fully saturated rings. The van der Waals surface area contributed by atoms with Gasteiger partial charge in [0.1, 0.15) is 0 Å². The number of rotatable bonds is 6. The SMILES string of the molecule is CN=C(NCCCC(=O)N1Cc2ccccc2C1)NCc1ccc2c(c1)OCO2. The second kappa shape index (κ2) is 8.86. The molecule has 2 N–H and O–H groups in total. The summed E-state index contributed by atoms with van der Waals surface area (Å²) in [5.41, 5.74) is 3.60. The Morgan fingerprint density at radius 3 is 2.59 bits per heavy atom. The molecule has 2 aromatic carbocycles. The number of nitrogens with zero attached hydrogens (tertiary/aromatic N) is 2. The molecular formula is C22H26N4O3. The van der Waals surface area contributed by atoms with Crippen LogP contribution in [0.1, 0.15) is 29.5 Å². The highest BCUT2D eigenvalue weighted by Crippen LogP contribution is 2.32. The van der Waals surface area contributed by atoms with Gasteiger partial charge < -0.3 is 25.0 Å². The summed E-state index contributed by atoms with van der Waals surface area (Å²) < 4.78 is 10.7. The molecule has 7 nitrogen and oxygen atoms in total. The molecule has 2 aromatic rings. The van der Waals surface area contributed by atoms with E-state index in [2.05, 4.69) is 27.8 Å². The molecule has 0 aromatic heterocycles. The van der Waals surface area contributed by atoms with Gasteiger partial charge in [-0.05, 0) is 35.2 Å². The van der Waals surface area contributed by atoms with Gasteiger partial charge in [0.25, 0.3) is 0 Å². The zero-order valence-corrected chi connectivity index (χ0v) is 16.6. The highest BCUT2D eigenvalue weighted by Gasteiger charge is 2.22. The highest BCUT2D eigenvalue weighted by atomic mass is 16.7. The lowest BCUT2D eigenvalue weighted by molar-refractivity contribution is -0.131. The van der Waals surface area contributed by atoms with Crippen LogP contribution in [-0.4, -0.2) is 37.2 Å². The van der Waals surface area contributed by atoms with Crippen LogP contribution in [0.5, 0.6) is 11.5 Å². The van der Waals surface area contributed by atoms with E-state index in [-0.39, 0.29) is 12.7 Å². The van der Waals surface area contributed by atoms with Gasteiger partial charge in [0.15, 0.2) is 17.5 Å². The van der Waals surface area contributed by atoms with Gasteiger partial charge in [-0.2, -0.15) is 0 Å². The number of carbonyl (C=O) groups is 1. The van der Waals surface area contributed by atoms with Crippen LogP contribution in [0.4, 0.5) is 0 Å². The van der Waals surface area contributed by atoms with E-state index in [1.165, 1.54) is 11.1 Å². The third-order valence-corrected chi connectivity index (χ3v) is 5.17. The second-order valence-electron chi connectivity index (χ2n) is 7.16. The summed E-state index contributed by atoms with van der Waals surface area (Å²) in [5, 5.41) is 6.55. The van der Waals surface area contributed by atoms with Gasteiger partial charge >= 0.3 is 0 Å². The first-order valence-corrected chi connectivity index (χ1v) is 9.90. The molecule has 152 valence electrons. The fourth-order valence-corrected chi connectivity index (χ4v) is 3.57. The van der Waals surface area contributed by atoms with E-state index in [0.717, 1.165) is 36.6 Å². The van der Waals surface area contributed by atoms with Crippen molar-refractivity contribution >= 4 is 11.9 Å². The molecule has 2 heterocycles. The van der Waals surface area contributed by atoms with E-state index < -0.39 is 0 Å². The third kappa shape index (κ3) is 4.62. The van der Waals surface area contributed by atoms with Crippen molar-refractivity contribution in [2.75, 3.05) is 20.4 Å². The number of nitrogens with one attached hydrogen (secondary N) is 2. The first-order chi connectivity index (χ1) is 14.2. The van der Waals surface area contributed by atoms with Gasteiger partial charge in [0, 0.05) is 39.6 Å². The van der Waals surface area contributed by atoms with Gasteiger partial charge in [-0.25, -0.2) is 0 Å². The lowest BCUT2D eigenvalue weighted by atomic mass is 10.1. The molecule has 2 aliphatic heterocycles. The molecule has 0 spiro atoms. The van der Waals surface area contributed by atoms with Crippen molar-refractivity contribution < 1.29 is 14.3 Å². The van der Waals surface area contributed by atoms with Crippen molar-refractivity contribution in [1.82, 2.24) is 15.5 Å². The summed E-state index contributed by atoms with van der Waals surface area (Å²) in [5.74, 6) is 2.46. The molecule has 29 heavy (non-hydrogen) atoms. The van der Waals surface area contributed by atoms with Gasteiger partial charge in [-0.15, -0.1) is 0 Å². The van der Waals surface area contributed by atoms with Gasteiger partial charge in [0.05, 0.1) is 0 Å². The van der Waals surface area contributed by atoms with Crippen LogP contribution in [0.3, 0.4) is 0 Å². The van der Waals surface area contributed by atoms with Crippen LogP contribution >= 0.6 is 0 Å². The molecule has 4 rings (SSSR count). The summed E-state index contributed by atoms with van der Waals surface area (Å²) in [6, 6.07) is 14.1. The average Bonchev–Trinajstić information content (AvgIpc) is 3.39. The number of fused-ring (bicyclic) bond motifs is 2. The first kappa shape index (κ1) is 19.1. The van der Waals surface area contributed by atoms with Crippen molar-refractivity contribution in [3.63, 3.8) is 0 Å². The number of ether oxygens (including phenoxy) is 2. The topological polar surface area (TPSA) is 75.2 Å². The van der Waals surface area contributed by atoms with E-state index in [0.29, 0.717) is 25.5 Å². The first-order valence-electron chi connectivity index (χ1n) is 9.90. The van der Waals surface area contributed by atoms with Crippen LogP contribution in [0.2, 0.25) is 0 Å². The zero-order valence-electron chi connectivity index (χ0n) is 16.6. The molecule has 0 aliphatic carbocycles.